The number of methoxy groups -OCH3 is 1. The second kappa shape index (κ2) is 9.72. The Labute approximate surface area is 201 Å². The van der Waals surface area contributed by atoms with Gasteiger partial charge < -0.3 is 9.47 Å². The fourth-order valence-corrected chi connectivity index (χ4v) is 3.74. The Bertz CT molecular complexity index is 1460. The van der Waals surface area contributed by atoms with Crippen molar-refractivity contribution >= 4 is 28.3 Å². The summed E-state index contributed by atoms with van der Waals surface area (Å²) in [6.45, 7) is 2.94. The zero-order valence-corrected chi connectivity index (χ0v) is 19.4. The van der Waals surface area contributed by atoms with Gasteiger partial charge in [0.15, 0.2) is 6.61 Å². The fraction of sp³-hybridized carbons (Fsp3) is 0.148. The summed E-state index contributed by atoms with van der Waals surface area (Å²) < 4.78 is 10.6. The van der Waals surface area contributed by atoms with Crippen LogP contribution in [-0.4, -0.2) is 35.4 Å². The number of nitro groups is 1. The smallest absolute Gasteiger partial charge is 0.339 e. The van der Waals surface area contributed by atoms with Gasteiger partial charge in [0, 0.05) is 28.1 Å². The molecule has 0 saturated heterocycles. The van der Waals surface area contributed by atoms with Crippen LogP contribution in [0, 0.1) is 24.0 Å². The highest BCUT2D eigenvalue weighted by atomic mass is 16.6. The minimum absolute atomic E-state index is 0.101. The van der Waals surface area contributed by atoms with Crippen LogP contribution in [0.25, 0.3) is 22.2 Å². The van der Waals surface area contributed by atoms with Gasteiger partial charge in [-0.2, -0.15) is 0 Å². The lowest BCUT2D eigenvalue weighted by atomic mass is 10.0. The molecule has 0 saturated carbocycles. The molecule has 0 aliphatic rings. The number of hydrogen-bond acceptors (Lipinski definition) is 7. The molecule has 4 aromatic rings. The monoisotopic (exact) mass is 470 g/mol. The molecule has 0 aliphatic heterocycles. The first kappa shape index (κ1) is 23.6. The highest BCUT2D eigenvalue weighted by Crippen LogP contribution is 2.28. The van der Waals surface area contributed by atoms with Crippen LogP contribution in [-0.2, 0) is 4.74 Å². The van der Waals surface area contributed by atoms with E-state index in [0.717, 1.165) is 11.1 Å². The summed E-state index contributed by atoms with van der Waals surface area (Å²) in [5.41, 5.74) is 3.53. The predicted octanol–water partition coefficient (Wildman–Crippen LogP) is 5.48. The molecule has 0 N–H and O–H groups in total. The zero-order valence-electron chi connectivity index (χ0n) is 19.4. The highest BCUT2D eigenvalue weighted by Gasteiger charge is 2.20. The molecule has 0 bridgehead atoms. The largest absolute Gasteiger partial charge is 0.497 e. The average molecular weight is 470 g/mol. The van der Waals surface area contributed by atoms with E-state index < -0.39 is 23.3 Å². The molecule has 0 atom stereocenters. The molecule has 176 valence electrons. The molecular formula is C27H22N2O6. The third-order valence-electron chi connectivity index (χ3n) is 5.71. The van der Waals surface area contributed by atoms with Gasteiger partial charge in [-0.3, -0.25) is 14.9 Å². The number of rotatable bonds is 7. The van der Waals surface area contributed by atoms with Crippen LogP contribution in [0.15, 0.2) is 66.7 Å². The van der Waals surface area contributed by atoms with E-state index in [1.807, 2.05) is 31.2 Å². The number of nitro benzene ring substituents is 1. The number of pyridine rings is 1. The molecule has 8 heteroatoms. The van der Waals surface area contributed by atoms with E-state index in [0.29, 0.717) is 27.9 Å². The Morgan fingerprint density at radius 1 is 0.971 bits per heavy atom. The van der Waals surface area contributed by atoms with Crippen molar-refractivity contribution in [1.29, 1.82) is 0 Å². The number of aryl methyl sites for hydroxylation is 2. The number of fused-ring (bicyclic) bond motifs is 1. The molecule has 4 rings (SSSR count). The fourth-order valence-electron chi connectivity index (χ4n) is 3.74. The highest BCUT2D eigenvalue weighted by molar-refractivity contribution is 6.06. The number of ether oxygens (including phenoxy) is 2. The van der Waals surface area contributed by atoms with Crippen LogP contribution in [0.4, 0.5) is 5.69 Å². The number of ketones is 1. The number of carbonyl (C=O) groups excluding carboxylic acids is 2. The van der Waals surface area contributed by atoms with Gasteiger partial charge in [-0.1, -0.05) is 30.3 Å². The second-order valence-electron chi connectivity index (χ2n) is 8.01. The number of benzene rings is 3. The molecule has 0 fully saturated rings. The first-order valence-corrected chi connectivity index (χ1v) is 10.8. The van der Waals surface area contributed by atoms with Gasteiger partial charge in [-0.15, -0.1) is 0 Å². The second-order valence-corrected chi connectivity index (χ2v) is 8.01. The van der Waals surface area contributed by atoms with Crippen molar-refractivity contribution in [2.24, 2.45) is 0 Å². The van der Waals surface area contributed by atoms with Gasteiger partial charge >= 0.3 is 5.97 Å². The number of aromatic nitrogens is 1. The topological polar surface area (TPSA) is 109 Å². The summed E-state index contributed by atoms with van der Waals surface area (Å²) in [7, 11) is 1.58. The Kier molecular flexibility index (Phi) is 6.55. The minimum Gasteiger partial charge on any atom is -0.497 e. The van der Waals surface area contributed by atoms with Crippen molar-refractivity contribution in [2.45, 2.75) is 13.8 Å². The molecule has 0 aliphatic carbocycles. The van der Waals surface area contributed by atoms with Crippen molar-refractivity contribution in [3.05, 3.63) is 99.1 Å². The van der Waals surface area contributed by atoms with Gasteiger partial charge in [-0.25, -0.2) is 9.78 Å². The zero-order chi connectivity index (χ0) is 25.1. The van der Waals surface area contributed by atoms with Gasteiger partial charge in [0.2, 0.25) is 5.78 Å². The van der Waals surface area contributed by atoms with Crippen LogP contribution in [0.3, 0.4) is 0 Å². The molecular weight excluding hydrogens is 448 g/mol. The molecule has 3 aromatic carbocycles. The Morgan fingerprint density at radius 3 is 2.40 bits per heavy atom. The summed E-state index contributed by atoms with van der Waals surface area (Å²) in [5.74, 6) is -0.528. The molecule has 8 nitrogen and oxygen atoms in total. The summed E-state index contributed by atoms with van der Waals surface area (Å²) >= 11 is 0. The number of carbonyl (C=O) groups is 2. The maximum atomic E-state index is 13.1. The summed E-state index contributed by atoms with van der Waals surface area (Å²) in [6.07, 6.45) is 0. The van der Waals surface area contributed by atoms with Crippen molar-refractivity contribution in [3.63, 3.8) is 0 Å². The van der Waals surface area contributed by atoms with E-state index in [9.17, 15) is 19.7 Å². The Morgan fingerprint density at radius 2 is 1.71 bits per heavy atom. The van der Waals surface area contributed by atoms with Gasteiger partial charge in [0.25, 0.3) is 5.69 Å². The van der Waals surface area contributed by atoms with Crippen molar-refractivity contribution < 1.29 is 24.0 Å². The van der Waals surface area contributed by atoms with E-state index in [4.69, 9.17) is 14.5 Å². The van der Waals surface area contributed by atoms with E-state index in [2.05, 4.69) is 0 Å². The Hall–Kier alpha value is -4.59. The summed E-state index contributed by atoms with van der Waals surface area (Å²) in [6, 6.07) is 18.6. The van der Waals surface area contributed by atoms with E-state index in [1.54, 1.807) is 38.3 Å². The van der Waals surface area contributed by atoms with Crippen LogP contribution >= 0.6 is 0 Å². The summed E-state index contributed by atoms with van der Waals surface area (Å²) in [4.78, 5) is 41.1. The molecule has 0 amide bonds. The maximum Gasteiger partial charge on any atom is 0.339 e. The quantitative estimate of drug-likeness (QED) is 0.152. The third-order valence-corrected chi connectivity index (χ3v) is 5.71. The molecule has 0 spiro atoms. The predicted molar refractivity (Wildman–Crippen MR) is 131 cm³/mol. The number of hydrogen-bond donors (Lipinski definition) is 0. The van der Waals surface area contributed by atoms with Gasteiger partial charge in [0.05, 0.1) is 28.8 Å². The van der Waals surface area contributed by atoms with E-state index >= 15 is 0 Å². The molecule has 1 heterocycles. The SMILES string of the molecule is COc1ccc(-c2cc(C(=O)OCC(=O)c3ccc(C)c([N+](=O)[O-])c3)c3cccc(C)c3n2)cc1. The average Bonchev–Trinajstić information content (AvgIpc) is 2.87. The number of Topliss-reactive ketones (excluding diaryl/α,β-unsaturated/α-hetero) is 1. The first-order valence-electron chi connectivity index (χ1n) is 10.8. The van der Waals surface area contributed by atoms with Crippen molar-refractivity contribution in [2.75, 3.05) is 13.7 Å². The molecule has 0 unspecified atom stereocenters. The van der Waals surface area contributed by atoms with E-state index in [1.165, 1.54) is 18.2 Å². The number of para-hydroxylation sites is 1. The lowest BCUT2D eigenvalue weighted by Gasteiger charge is -2.12. The number of nitrogens with zero attached hydrogens (tertiary/aromatic N) is 2. The summed E-state index contributed by atoms with van der Waals surface area (Å²) in [5, 5.41) is 11.8. The Balaban J connectivity index is 1.65. The van der Waals surface area contributed by atoms with Crippen molar-refractivity contribution in [3.8, 4) is 17.0 Å². The molecule has 0 radical (unpaired) electrons. The van der Waals surface area contributed by atoms with Crippen LogP contribution in [0.1, 0.15) is 31.8 Å². The third kappa shape index (κ3) is 4.86. The minimum atomic E-state index is -0.687. The molecule has 1 aromatic heterocycles. The van der Waals surface area contributed by atoms with Gasteiger partial charge in [-0.05, 0) is 49.7 Å². The standard InChI is InChI=1S/C27H22N2O6/c1-16-7-8-19(13-24(16)29(32)33)25(30)15-35-27(31)22-14-23(18-9-11-20(34-3)12-10-18)28-26-17(2)5-4-6-21(22)26/h4-14H,15H2,1-3H3. The van der Waals surface area contributed by atoms with Crippen LogP contribution in [0.5, 0.6) is 5.75 Å². The normalized spacial score (nSPS) is 10.7. The lowest BCUT2D eigenvalue weighted by molar-refractivity contribution is -0.385. The maximum absolute atomic E-state index is 13.1. The first-order chi connectivity index (χ1) is 16.8. The van der Waals surface area contributed by atoms with Crippen LogP contribution in [0.2, 0.25) is 0 Å². The van der Waals surface area contributed by atoms with Crippen LogP contribution < -0.4 is 4.74 Å². The molecule has 35 heavy (non-hydrogen) atoms. The van der Waals surface area contributed by atoms with Gasteiger partial charge in [0.1, 0.15) is 5.75 Å². The van der Waals surface area contributed by atoms with E-state index in [-0.39, 0.29) is 16.8 Å². The lowest BCUT2D eigenvalue weighted by Crippen LogP contribution is -2.15. The van der Waals surface area contributed by atoms with Crippen molar-refractivity contribution in [1.82, 2.24) is 4.98 Å². The number of esters is 1.